The van der Waals surface area contributed by atoms with E-state index in [-0.39, 0.29) is 5.91 Å². The van der Waals surface area contributed by atoms with Crippen LogP contribution in [-0.2, 0) is 0 Å². The average molecular weight is 316 g/mol. The fourth-order valence-electron chi connectivity index (χ4n) is 2.67. The van der Waals surface area contributed by atoms with E-state index in [9.17, 15) is 4.79 Å². The molecule has 0 atom stereocenters. The molecule has 6 heteroatoms. The van der Waals surface area contributed by atoms with Gasteiger partial charge in [-0.2, -0.15) is 0 Å². The summed E-state index contributed by atoms with van der Waals surface area (Å²) >= 11 is 1.53. The van der Waals surface area contributed by atoms with Crippen molar-refractivity contribution in [3.05, 3.63) is 40.0 Å². The van der Waals surface area contributed by atoms with E-state index in [1.54, 1.807) is 6.33 Å². The molecule has 0 bridgehead atoms. The standard InChI is InChI=1S/C16H20N4OS/c1-11-7-14(22-9-11)16(21)20-5-3-13(4-6-20)19-15-8-12(2)17-10-18-15/h7-10,13H,3-6H2,1-2H3,(H,17,18,19). The zero-order valence-electron chi connectivity index (χ0n) is 12.9. The molecule has 0 radical (unpaired) electrons. The largest absolute Gasteiger partial charge is 0.367 e. The highest BCUT2D eigenvalue weighted by Crippen LogP contribution is 2.20. The predicted molar refractivity (Wildman–Crippen MR) is 88.4 cm³/mol. The number of nitrogens with one attached hydrogen (secondary N) is 1. The van der Waals surface area contributed by atoms with Crippen LogP contribution < -0.4 is 5.32 Å². The second-order valence-corrected chi connectivity index (χ2v) is 6.65. The van der Waals surface area contributed by atoms with Gasteiger partial charge in [0.1, 0.15) is 12.1 Å². The van der Waals surface area contributed by atoms with E-state index in [1.165, 1.54) is 11.3 Å². The van der Waals surface area contributed by atoms with Crippen molar-refractivity contribution in [2.75, 3.05) is 18.4 Å². The molecule has 3 rings (SSSR count). The molecule has 116 valence electrons. The molecule has 2 aromatic rings. The lowest BCUT2D eigenvalue weighted by Crippen LogP contribution is -2.42. The van der Waals surface area contributed by atoms with Crippen molar-refractivity contribution >= 4 is 23.1 Å². The molecule has 1 aliphatic heterocycles. The van der Waals surface area contributed by atoms with Gasteiger partial charge in [0, 0.05) is 30.9 Å². The average Bonchev–Trinajstić information content (AvgIpc) is 2.94. The Balaban J connectivity index is 1.55. The summed E-state index contributed by atoms with van der Waals surface area (Å²) in [5, 5.41) is 5.47. The number of hydrogen-bond donors (Lipinski definition) is 1. The maximum atomic E-state index is 12.4. The van der Waals surface area contributed by atoms with Crippen LogP contribution in [0, 0.1) is 13.8 Å². The second-order valence-electron chi connectivity index (χ2n) is 5.74. The van der Waals surface area contributed by atoms with Gasteiger partial charge in [-0.25, -0.2) is 9.97 Å². The molecule has 1 N–H and O–H groups in total. The molecule has 0 saturated carbocycles. The van der Waals surface area contributed by atoms with Gasteiger partial charge in [-0.15, -0.1) is 11.3 Å². The second kappa shape index (κ2) is 6.44. The summed E-state index contributed by atoms with van der Waals surface area (Å²) < 4.78 is 0. The molecule has 0 unspecified atom stereocenters. The van der Waals surface area contributed by atoms with Crippen LogP contribution in [0.25, 0.3) is 0 Å². The number of hydrogen-bond acceptors (Lipinski definition) is 5. The molecule has 0 spiro atoms. The molecule has 2 aromatic heterocycles. The highest BCUT2D eigenvalue weighted by molar-refractivity contribution is 7.12. The number of amides is 1. The number of likely N-dealkylation sites (tertiary alicyclic amines) is 1. The lowest BCUT2D eigenvalue weighted by Gasteiger charge is -2.32. The lowest BCUT2D eigenvalue weighted by atomic mass is 10.0. The molecule has 5 nitrogen and oxygen atoms in total. The summed E-state index contributed by atoms with van der Waals surface area (Å²) in [5.74, 6) is 1.03. The molecular weight excluding hydrogens is 296 g/mol. The smallest absolute Gasteiger partial charge is 0.263 e. The zero-order valence-corrected chi connectivity index (χ0v) is 13.7. The fourth-order valence-corrected chi connectivity index (χ4v) is 3.53. The number of carbonyl (C=O) groups is 1. The van der Waals surface area contributed by atoms with Gasteiger partial charge in [-0.3, -0.25) is 4.79 Å². The van der Waals surface area contributed by atoms with Crippen LogP contribution in [0.5, 0.6) is 0 Å². The van der Waals surface area contributed by atoms with Gasteiger partial charge in [0.15, 0.2) is 0 Å². The summed E-state index contributed by atoms with van der Waals surface area (Å²) in [6.45, 7) is 5.55. The van der Waals surface area contributed by atoms with E-state index in [2.05, 4.69) is 15.3 Å². The van der Waals surface area contributed by atoms with Crippen molar-refractivity contribution < 1.29 is 4.79 Å². The SMILES string of the molecule is Cc1csc(C(=O)N2CCC(Nc3cc(C)ncn3)CC2)c1. The maximum Gasteiger partial charge on any atom is 0.263 e. The Kier molecular flexibility index (Phi) is 4.38. The van der Waals surface area contributed by atoms with Gasteiger partial charge < -0.3 is 10.2 Å². The minimum absolute atomic E-state index is 0.162. The van der Waals surface area contributed by atoms with Crippen molar-refractivity contribution in [2.24, 2.45) is 0 Å². The van der Waals surface area contributed by atoms with Gasteiger partial charge in [0.25, 0.3) is 5.91 Å². The zero-order chi connectivity index (χ0) is 15.5. The summed E-state index contributed by atoms with van der Waals surface area (Å²) in [7, 11) is 0. The van der Waals surface area contributed by atoms with E-state index in [0.29, 0.717) is 6.04 Å². The Morgan fingerprint density at radius 1 is 1.27 bits per heavy atom. The number of thiophene rings is 1. The first-order valence-corrected chi connectivity index (χ1v) is 8.39. The molecule has 0 aromatic carbocycles. The normalized spacial score (nSPS) is 15.8. The number of aryl methyl sites for hydroxylation is 2. The van der Waals surface area contributed by atoms with E-state index in [4.69, 9.17) is 0 Å². The van der Waals surface area contributed by atoms with Crippen LogP contribution in [0.1, 0.15) is 33.8 Å². The Bertz CT molecular complexity index is 662. The Labute approximate surface area is 134 Å². The quantitative estimate of drug-likeness (QED) is 0.946. The van der Waals surface area contributed by atoms with Crippen molar-refractivity contribution in [2.45, 2.75) is 32.7 Å². The molecule has 0 aliphatic carbocycles. The highest BCUT2D eigenvalue weighted by atomic mass is 32.1. The van der Waals surface area contributed by atoms with Gasteiger partial charge in [0.05, 0.1) is 4.88 Å². The number of anilines is 1. The third kappa shape index (κ3) is 3.44. The number of carbonyl (C=O) groups excluding carboxylic acids is 1. The van der Waals surface area contributed by atoms with Gasteiger partial charge in [0.2, 0.25) is 0 Å². The summed E-state index contributed by atoms with van der Waals surface area (Å²) in [5.41, 5.74) is 2.11. The monoisotopic (exact) mass is 316 g/mol. The minimum Gasteiger partial charge on any atom is -0.367 e. The first kappa shape index (κ1) is 15.0. The number of piperidine rings is 1. The Morgan fingerprint density at radius 2 is 2.05 bits per heavy atom. The fraction of sp³-hybridized carbons (Fsp3) is 0.438. The first-order chi connectivity index (χ1) is 10.6. The van der Waals surface area contributed by atoms with E-state index in [0.717, 1.165) is 47.9 Å². The van der Waals surface area contributed by atoms with Crippen molar-refractivity contribution in [3.63, 3.8) is 0 Å². The Hall–Kier alpha value is -1.95. The number of aromatic nitrogens is 2. The molecule has 3 heterocycles. The van der Waals surface area contributed by atoms with Crippen molar-refractivity contribution in [3.8, 4) is 0 Å². The first-order valence-electron chi connectivity index (χ1n) is 7.51. The van der Waals surface area contributed by atoms with Crippen LogP contribution in [0.2, 0.25) is 0 Å². The Morgan fingerprint density at radius 3 is 2.68 bits per heavy atom. The van der Waals surface area contributed by atoms with Crippen LogP contribution in [0.4, 0.5) is 5.82 Å². The van der Waals surface area contributed by atoms with Crippen molar-refractivity contribution in [1.82, 2.24) is 14.9 Å². The maximum absolute atomic E-state index is 12.4. The molecule has 1 amide bonds. The topological polar surface area (TPSA) is 58.1 Å². The minimum atomic E-state index is 0.162. The molecule has 1 saturated heterocycles. The van der Waals surface area contributed by atoms with Crippen LogP contribution in [0.15, 0.2) is 23.8 Å². The van der Waals surface area contributed by atoms with Crippen LogP contribution in [-0.4, -0.2) is 39.9 Å². The summed E-state index contributed by atoms with van der Waals surface area (Å²) in [6.07, 6.45) is 3.47. The van der Waals surface area contributed by atoms with Gasteiger partial charge >= 0.3 is 0 Å². The lowest BCUT2D eigenvalue weighted by molar-refractivity contribution is 0.0723. The highest BCUT2D eigenvalue weighted by Gasteiger charge is 2.24. The van der Waals surface area contributed by atoms with E-state index in [1.807, 2.05) is 36.3 Å². The molecule has 1 aliphatic rings. The number of rotatable bonds is 3. The van der Waals surface area contributed by atoms with Crippen LogP contribution in [0.3, 0.4) is 0 Å². The predicted octanol–water partition coefficient (Wildman–Crippen LogP) is 2.87. The van der Waals surface area contributed by atoms with Gasteiger partial charge in [-0.05, 0) is 43.7 Å². The van der Waals surface area contributed by atoms with Crippen molar-refractivity contribution in [1.29, 1.82) is 0 Å². The van der Waals surface area contributed by atoms with E-state index < -0.39 is 0 Å². The van der Waals surface area contributed by atoms with Gasteiger partial charge in [-0.1, -0.05) is 0 Å². The number of nitrogens with zero attached hydrogens (tertiary/aromatic N) is 3. The third-order valence-corrected chi connectivity index (χ3v) is 4.92. The molecule has 1 fully saturated rings. The van der Waals surface area contributed by atoms with Crippen LogP contribution >= 0.6 is 11.3 Å². The molecule has 22 heavy (non-hydrogen) atoms. The summed E-state index contributed by atoms with van der Waals surface area (Å²) in [6, 6.07) is 4.29. The molecular formula is C16H20N4OS. The van der Waals surface area contributed by atoms with E-state index >= 15 is 0 Å². The third-order valence-electron chi connectivity index (χ3n) is 3.88. The summed E-state index contributed by atoms with van der Waals surface area (Å²) in [4.78, 5) is 23.6.